The van der Waals surface area contributed by atoms with Gasteiger partial charge in [0.05, 0.1) is 11.4 Å². The minimum Gasteiger partial charge on any atom is -0.397 e. The van der Waals surface area contributed by atoms with Crippen LogP contribution in [0.15, 0.2) is 84.9 Å². The molecule has 0 saturated heterocycles. The Hall–Kier alpha value is -3.60. The summed E-state index contributed by atoms with van der Waals surface area (Å²) in [6, 6.07) is 29.5. The maximum atomic E-state index is 6.73. The number of anilines is 2. The third kappa shape index (κ3) is 3.86. The topological polar surface area (TPSA) is 104 Å². The number of fused-ring (bicyclic) bond motifs is 8. The fraction of sp³-hybridized carbons (Fsp3) is 0.143. The third-order valence-electron chi connectivity index (χ3n) is 6.33. The van der Waals surface area contributed by atoms with Crippen LogP contribution in [0.3, 0.4) is 0 Å². The molecule has 4 heteroatoms. The molecular formula is C28H28N4. The van der Waals surface area contributed by atoms with Crippen molar-refractivity contribution in [3.8, 4) is 0 Å². The lowest BCUT2D eigenvalue weighted by Gasteiger charge is -2.29. The van der Waals surface area contributed by atoms with E-state index in [1.54, 1.807) is 0 Å². The van der Waals surface area contributed by atoms with Crippen molar-refractivity contribution >= 4 is 11.4 Å². The van der Waals surface area contributed by atoms with E-state index in [9.17, 15) is 0 Å². The first kappa shape index (κ1) is 20.3. The molecule has 4 nitrogen and oxygen atoms in total. The Morgan fingerprint density at radius 1 is 0.531 bits per heavy atom. The van der Waals surface area contributed by atoms with E-state index in [1.165, 1.54) is 22.3 Å². The Balaban J connectivity index is 1.71. The van der Waals surface area contributed by atoms with E-state index >= 15 is 0 Å². The third-order valence-corrected chi connectivity index (χ3v) is 6.33. The molecule has 4 aromatic carbocycles. The summed E-state index contributed by atoms with van der Waals surface area (Å²) in [6.07, 6.45) is 2.42. The van der Waals surface area contributed by atoms with Crippen LogP contribution >= 0.6 is 0 Å². The molecule has 0 aromatic heterocycles. The van der Waals surface area contributed by atoms with E-state index in [4.69, 9.17) is 22.9 Å². The van der Waals surface area contributed by atoms with E-state index in [0.29, 0.717) is 16.9 Å². The number of hydrogen-bond acceptors (Lipinski definition) is 4. The van der Waals surface area contributed by atoms with Gasteiger partial charge in [-0.2, -0.15) is 0 Å². The van der Waals surface area contributed by atoms with Crippen molar-refractivity contribution in [2.24, 2.45) is 11.5 Å². The molecule has 1 aliphatic carbocycles. The second-order valence-corrected chi connectivity index (χ2v) is 8.89. The highest BCUT2D eigenvalue weighted by Crippen LogP contribution is 2.33. The summed E-state index contributed by atoms with van der Waals surface area (Å²) in [5.74, 6) is 0. The van der Waals surface area contributed by atoms with Crippen molar-refractivity contribution in [1.82, 2.24) is 0 Å². The molecule has 0 radical (unpaired) electrons. The van der Waals surface area contributed by atoms with Crippen molar-refractivity contribution < 1.29 is 0 Å². The normalized spacial score (nSPS) is 14.7. The molecule has 0 saturated carbocycles. The second-order valence-electron chi connectivity index (χ2n) is 8.89. The van der Waals surface area contributed by atoms with Gasteiger partial charge in [-0.3, -0.25) is 0 Å². The quantitative estimate of drug-likeness (QED) is 0.254. The maximum absolute atomic E-state index is 6.73. The maximum Gasteiger partial charge on any atom is 0.118 e. The minimum absolute atomic E-state index is 0.437. The Bertz CT molecular complexity index is 1310. The molecule has 0 atom stereocenters. The molecule has 1 aliphatic rings. The van der Waals surface area contributed by atoms with Gasteiger partial charge >= 0.3 is 0 Å². The highest BCUT2D eigenvalue weighted by atomic mass is 15.0. The van der Waals surface area contributed by atoms with Crippen LogP contribution in [0.5, 0.6) is 0 Å². The summed E-state index contributed by atoms with van der Waals surface area (Å²) in [7, 11) is 0. The van der Waals surface area contributed by atoms with E-state index in [2.05, 4.69) is 60.7 Å². The molecule has 0 spiro atoms. The standard InChI is InChI=1S/C28H28N4/c29-26-17-23-14-21-7-2-5-19(12-21)10-18-4-1-6-20(11-18)13-22-8-3-9-24(15-22)28(31,32)25(16-23)27(26)30/h1-9,11-12,15-17H,10,13-14,29-32H2. The van der Waals surface area contributed by atoms with Crippen molar-refractivity contribution in [2.75, 3.05) is 11.5 Å². The van der Waals surface area contributed by atoms with E-state index < -0.39 is 5.66 Å². The number of benzene rings is 4. The fourth-order valence-electron chi connectivity index (χ4n) is 4.68. The highest BCUT2D eigenvalue weighted by molar-refractivity contribution is 5.71. The van der Waals surface area contributed by atoms with Gasteiger partial charge < -0.3 is 22.9 Å². The van der Waals surface area contributed by atoms with Gasteiger partial charge in [0, 0.05) is 5.56 Å². The van der Waals surface area contributed by atoms with Crippen molar-refractivity contribution in [2.45, 2.75) is 24.9 Å². The van der Waals surface area contributed by atoms with Crippen LogP contribution in [0.25, 0.3) is 0 Å². The monoisotopic (exact) mass is 420 g/mol. The van der Waals surface area contributed by atoms with Gasteiger partial charge in [-0.05, 0) is 70.3 Å². The number of rotatable bonds is 0. The average molecular weight is 421 g/mol. The number of nitrogen functional groups attached to an aromatic ring is 2. The minimum atomic E-state index is -1.26. The summed E-state index contributed by atoms with van der Waals surface area (Å²) in [4.78, 5) is 0. The zero-order chi connectivity index (χ0) is 22.3. The smallest absolute Gasteiger partial charge is 0.118 e. The molecule has 32 heavy (non-hydrogen) atoms. The van der Waals surface area contributed by atoms with Gasteiger partial charge in [0.2, 0.25) is 0 Å². The summed E-state index contributed by atoms with van der Waals surface area (Å²) in [5.41, 5.74) is 34.5. The molecule has 4 aromatic rings. The van der Waals surface area contributed by atoms with Gasteiger partial charge in [0.15, 0.2) is 0 Å². The van der Waals surface area contributed by atoms with Gasteiger partial charge in [-0.1, -0.05) is 72.8 Å². The lowest BCUT2D eigenvalue weighted by molar-refractivity contribution is 0.568. The molecule has 0 fully saturated rings. The lowest BCUT2D eigenvalue weighted by atomic mass is 9.87. The lowest BCUT2D eigenvalue weighted by Crippen LogP contribution is -2.47. The van der Waals surface area contributed by atoms with Gasteiger partial charge in [0.1, 0.15) is 5.66 Å². The molecule has 0 unspecified atom stereocenters. The molecule has 8 N–H and O–H groups in total. The molecule has 8 bridgehead atoms. The molecule has 0 heterocycles. The summed E-state index contributed by atoms with van der Waals surface area (Å²) in [5, 5.41) is 0. The van der Waals surface area contributed by atoms with E-state index in [0.717, 1.165) is 36.0 Å². The van der Waals surface area contributed by atoms with Crippen LogP contribution in [0, 0.1) is 0 Å². The predicted molar refractivity (Wildman–Crippen MR) is 132 cm³/mol. The summed E-state index contributed by atoms with van der Waals surface area (Å²) >= 11 is 0. The molecule has 0 amide bonds. The first-order valence-electron chi connectivity index (χ1n) is 10.9. The second kappa shape index (κ2) is 7.83. The first-order chi connectivity index (χ1) is 15.4. The number of hydrogen-bond donors (Lipinski definition) is 4. The largest absolute Gasteiger partial charge is 0.397 e. The SMILES string of the molecule is Nc1cc2cc(c1N)C(N)(N)c1cccc(c1)Cc1cccc(c1)Cc1cccc(c1)C2. The van der Waals surface area contributed by atoms with Crippen molar-refractivity contribution in [1.29, 1.82) is 0 Å². The van der Waals surface area contributed by atoms with Crippen molar-refractivity contribution in [3.05, 3.63) is 129 Å². The Morgan fingerprint density at radius 2 is 1.00 bits per heavy atom. The van der Waals surface area contributed by atoms with Crippen LogP contribution in [0.1, 0.15) is 44.5 Å². The van der Waals surface area contributed by atoms with Crippen LogP contribution in [0.2, 0.25) is 0 Å². The first-order valence-corrected chi connectivity index (χ1v) is 10.9. The van der Waals surface area contributed by atoms with Gasteiger partial charge in [-0.15, -0.1) is 0 Å². The van der Waals surface area contributed by atoms with Crippen LogP contribution < -0.4 is 22.9 Å². The highest BCUT2D eigenvalue weighted by Gasteiger charge is 2.28. The molecule has 0 aliphatic heterocycles. The Kier molecular flexibility index (Phi) is 4.97. The predicted octanol–water partition coefficient (Wildman–Crippen LogP) is 4.06. The Labute approximate surface area is 188 Å². The Morgan fingerprint density at radius 3 is 1.56 bits per heavy atom. The zero-order valence-corrected chi connectivity index (χ0v) is 18.0. The van der Waals surface area contributed by atoms with Crippen molar-refractivity contribution in [3.63, 3.8) is 0 Å². The van der Waals surface area contributed by atoms with Crippen LogP contribution in [-0.2, 0) is 24.9 Å². The van der Waals surface area contributed by atoms with Gasteiger partial charge in [0.25, 0.3) is 0 Å². The summed E-state index contributed by atoms with van der Waals surface area (Å²) in [6.45, 7) is 0. The zero-order valence-electron chi connectivity index (χ0n) is 18.0. The van der Waals surface area contributed by atoms with Crippen LogP contribution in [-0.4, -0.2) is 0 Å². The van der Waals surface area contributed by atoms with E-state index in [-0.39, 0.29) is 0 Å². The van der Waals surface area contributed by atoms with E-state index in [1.807, 2.05) is 24.3 Å². The molecule has 5 rings (SSSR count). The molecular weight excluding hydrogens is 392 g/mol. The summed E-state index contributed by atoms with van der Waals surface area (Å²) < 4.78 is 0. The average Bonchev–Trinajstić information content (AvgIpc) is 2.76. The fourth-order valence-corrected chi connectivity index (χ4v) is 4.68. The number of nitrogens with two attached hydrogens (primary N) is 4. The van der Waals surface area contributed by atoms with Crippen LogP contribution in [0.4, 0.5) is 11.4 Å². The van der Waals surface area contributed by atoms with Gasteiger partial charge in [-0.25, -0.2) is 0 Å². The molecule has 160 valence electrons.